The van der Waals surface area contributed by atoms with Gasteiger partial charge >= 0.3 is 5.97 Å². The molecule has 0 aromatic carbocycles. The first-order valence-electron chi connectivity index (χ1n) is 3.68. The zero-order chi connectivity index (χ0) is 8.97. The van der Waals surface area contributed by atoms with E-state index in [0.717, 1.165) is 10.2 Å². The minimum atomic E-state index is -0.160. The highest BCUT2D eigenvalue weighted by molar-refractivity contribution is 9.11. The molecule has 0 aliphatic heterocycles. The van der Waals surface area contributed by atoms with E-state index in [4.69, 9.17) is 4.74 Å². The van der Waals surface area contributed by atoms with Crippen molar-refractivity contribution >= 4 is 33.2 Å². The highest BCUT2D eigenvalue weighted by Gasteiger charge is 2.04. The summed E-state index contributed by atoms with van der Waals surface area (Å²) >= 11 is 4.70. The van der Waals surface area contributed by atoms with Crippen LogP contribution in [0, 0.1) is 0 Å². The van der Waals surface area contributed by atoms with Gasteiger partial charge in [-0.25, -0.2) is 0 Å². The number of carbonyl (C=O) groups excluding carboxylic acids is 1. The Morgan fingerprint density at radius 3 is 2.92 bits per heavy atom. The van der Waals surface area contributed by atoms with E-state index in [9.17, 15) is 4.79 Å². The summed E-state index contributed by atoms with van der Waals surface area (Å²) in [7, 11) is 0. The van der Waals surface area contributed by atoms with E-state index in [-0.39, 0.29) is 5.97 Å². The van der Waals surface area contributed by atoms with Gasteiger partial charge in [-0.2, -0.15) is 0 Å². The SMILES string of the molecule is CCCC(=O)Oc1ccc(Br)s1. The third-order valence-corrected chi connectivity index (χ3v) is 2.72. The maximum atomic E-state index is 11.0. The van der Waals surface area contributed by atoms with E-state index in [0.29, 0.717) is 11.5 Å². The van der Waals surface area contributed by atoms with Crippen LogP contribution in [0.1, 0.15) is 19.8 Å². The molecular weight excluding hydrogens is 240 g/mol. The van der Waals surface area contributed by atoms with Crippen LogP contribution in [0.15, 0.2) is 15.9 Å². The van der Waals surface area contributed by atoms with Crippen molar-refractivity contribution < 1.29 is 9.53 Å². The smallest absolute Gasteiger partial charge is 0.311 e. The van der Waals surface area contributed by atoms with Gasteiger partial charge in [0.05, 0.1) is 3.79 Å². The fraction of sp³-hybridized carbons (Fsp3) is 0.375. The van der Waals surface area contributed by atoms with Crippen LogP contribution in [-0.4, -0.2) is 5.97 Å². The summed E-state index contributed by atoms with van der Waals surface area (Å²) in [5, 5.41) is 0.653. The molecule has 0 N–H and O–H groups in total. The van der Waals surface area contributed by atoms with Gasteiger partial charge in [0.2, 0.25) is 0 Å². The Balaban J connectivity index is 2.46. The fourth-order valence-corrected chi connectivity index (χ4v) is 1.93. The van der Waals surface area contributed by atoms with E-state index >= 15 is 0 Å². The summed E-state index contributed by atoms with van der Waals surface area (Å²) in [5.41, 5.74) is 0. The zero-order valence-electron chi connectivity index (χ0n) is 6.67. The number of rotatable bonds is 3. The zero-order valence-corrected chi connectivity index (χ0v) is 9.07. The first-order valence-corrected chi connectivity index (χ1v) is 5.29. The summed E-state index contributed by atoms with van der Waals surface area (Å²) in [4.78, 5) is 11.0. The molecule has 0 bridgehead atoms. The highest BCUT2D eigenvalue weighted by Crippen LogP contribution is 2.28. The van der Waals surface area contributed by atoms with Gasteiger partial charge in [0, 0.05) is 6.42 Å². The number of hydrogen-bond acceptors (Lipinski definition) is 3. The average Bonchev–Trinajstić information content (AvgIpc) is 2.36. The van der Waals surface area contributed by atoms with Crippen molar-refractivity contribution in [2.45, 2.75) is 19.8 Å². The molecule has 0 unspecified atom stereocenters. The van der Waals surface area contributed by atoms with Gasteiger partial charge in [0.25, 0.3) is 0 Å². The second-order valence-electron chi connectivity index (χ2n) is 2.28. The molecule has 66 valence electrons. The third-order valence-electron chi connectivity index (χ3n) is 1.22. The van der Waals surface area contributed by atoms with Gasteiger partial charge in [-0.1, -0.05) is 18.3 Å². The Morgan fingerprint density at radius 2 is 2.42 bits per heavy atom. The van der Waals surface area contributed by atoms with Crippen molar-refractivity contribution in [2.75, 3.05) is 0 Å². The lowest BCUT2D eigenvalue weighted by Gasteiger charge is -1.97. The fourth-order valence-electron chi connectivity index (χ4n) is 0.720. The molecule has 0 aliphatic rings. The van der Waals surface area contributed by atoms with Crippen LogP contribution in [0.3, 0.4) is 0 Å². The van der Waals surface area contributed by atoms with Gasteiger partial charge in [-0.3, -0.25) is 4.79 Å². The number of carbonyl (C=O) groups is 1. The van der Waals surface area contributed by atoms with Gasteiger partial charge in [-0.15, -0.1) is 0 Å². The topological polar surface area (TPSA) is 26.3 Å². The van der Waals surface area contributed by atoms with E-state index in [2.05, 4.69) is 15.9 Å². The molecule has 1 rings (SSSR count). The molecule has 2 nitrogen and oxygen atoms in total. The first kappa shape index (κ1) is 9.74. The molecule has 1 aromatic heterocycles. The summed E-state index contributed by atoms with van der Waals surface area (Å²) in [6.45, 7) is 1.95. The van der Waals surface area contributed by atoms with Crippen LogP contribution in [0.2, 0.25) is 0 Å². The Kier molecular flexibility index (Phi) is 3.75. The van der Waals surface area contributed by atoms with E-state index in [1.165, 1.54) is 11.3 Å². The van der Waals surface area contributed by atoms with Gasteiger partial charge < -0.3 is 4.74 Å². The molecular formula is C8H9BrO2S. The van der Waals surface area contributed by atoms with Gasteiger partial charge in [0.1, 0.15) is 0 Å². The van der Waals surface area contributed by atoms with Gasteiger partial charge in [-0.05, 0) is 34.5 Å². The summed E-state index contributed by atoms with van der Waals surface area (Å²) in [6.07, 6.45) is 1.31. The molecule has 0 atom stereocenters. The first-order chi connectivity index (χ1) is 5.72. The second kappa shape index (κ2) is 4.62. The molecule has 0 fully saturated rings. The lowest BCUT2D eigenvalue weighted by atomic mass is 10.3. The molecule has 1 heterocycles. The van der Waals surface area contributed by atoms with Crippen molar-refractivity contribution in [1.82, 2.24) is 0 Å². The van der Waals surface area contributed by atoms with E-state index < -0.39 is 0 Å². The van der Waals surface area contributed by atoms with E-state index in [1.807, 2.05) is 13.0 Å². The van der Waals surface area contributed by atoms with Crippen LogP contribution in [0.4, 0.5) is 0 Å². The van der Waals surface area contributed by atoms with Crippen LogP contribution >= 0.6 is 27.3 Å². The number of hydrogen-bond donors (Lipinski definition) is 0. The van der Waals surface area contributed by atoms with E-state index in [1.54, 1.807) is 6.07 Å². The molecule has 4 heteroatoms. The van der Waals surface area contributed by atoms with Crippen LogP contribution in [0.5, 0.6) is 5.06 Å². The highest BCUT2D eigenvalue weighted by atomic mass is 79.9. The minimum absolute atomic E-state index is 0.160. The lowest BCUT2D eigenvalue weighted by Crippen LogP contribution is -2.05. The number of halogens is 1. The molecule has 0 aliphatic carbocycles. The average molecular weight is 249 g/mol. The largest absolute Gasteiger partial charge is 0.415 e. The molecule has 12 heavy (non-hydrogen) atoms. The number of ether oxygens (including phenoxy) is 1. The molecule has 0 radical (unpaired) electrons. The van der Waals surface area contributed by atoms with Crippen LogP contribution in [0.25, 0.3) is 0 Å². The Morgan fingerprint density at radius 1 is 1.67 bits per heavy atom. The van der Waals surface area contributed by atoms with Gasteiger partial charge in [0.15, 0.2) is 5.06 Å². The van der Waals surface area contributed by atoms with Crippen molar-refractivity contribution in [2.24, 2.45) is 0 Å². The van der Waals surface area contributed by atoms with Crippen molar-refractivity contribution in [3.63, 3.8) is 0 Å². The molecule has 0 amide bonds. The normalized spacial score (nSPS) is 9.83. The number of esters is 1. The standard InChI is InChI=1S/C8H9BrO2S/c1-2-3-7(10)11-8-5-4-6(9)12-8/h4-5H,2-3H2,1H3. The number of thiophene rings is 1. The lowest BCUT2D eigenvalue weighted by molar-refractivity contribution is -0.134. The Hall–Kier alpha value is -0.350. The summed E-state index contributed by atoms with van der Waals surface area (Å²) in [5.74, 6) is -0.160. The molecule has 0 saturated heterocycles. The maximum Gasteiger partial charge on any atom is 0.311 e. The van der Waals surface area contributed by atoms with Crippen molar-refractivity contribution in [1.29, 1.82) is 0 Å². The quantitative estimate of drug-likeness (QED) is 0.769. The van der Waals surface area contributed by atoms with Crippen LogP contribution in [-0.2, 0) is 4.79 Å². The third kappa shape index (κ3) is 2.95. The molecule has 0 spiro atoms. The van der Waals surface area contributed by atoms with Crippen molar-refractivity contribution in [3.05, 3.63) is 15.9 Å². The Bertz CT molecular complexity index is 270. The second-order valence-corrected chi connectivity index (χ2v) is 4.71. The molecule has 1 aromatic rings. The summed E-state index contributed by atoms with van der Waals surface area (Å²) in [6, 6.07) is 3.64. The van der Waals surface area contributed by atoms with Crippen LogP contribution < -0.4 is 4.74 Å². The summed E-state index contributed by atoms with van der Waals surface area (Å²) < 4.78 is 6.00. The Labute approximate surface area is 83.7 Å². The minimum Gasteiger partial charge on any atom is -0.415 e. The monoisotopic (exact) mass is 248 g/mol. The maximum absolute atomic E-state index is 11.0. The molecule has 0 saturated carbocycles. The predicted octanol–water partition coefficient (Wildman–Crippen LogP) is 3.22. The van der Waals surface area contributed by atoms with Crippen molar-refractivity contribution in [3.8, 4) is 5.06 Å². The predicted molar refractivity (Wildman–Crippen MR) is 52.6 cm³/mol.